The molecule has 1 saturated heterocycles. The van der Waals surface area contributed by atoms with Crippen LogP contribution in [0, 0.1) is 0 Å². The molecule has 2 amide bonds. The average molecular weight is 365 g/mol. The summed E-state index contributed by atoms with van der Waals surface area (Å²) in [5.41, 5.74) is 2.13. The van der Waals surface area contributed by atoms with Crippen molar-refractivity contribution in [3.8, 4) is 5.75 Å². The second kappa shape index (κ2) is 7.51. The Labute approximate surface area is 160 Å². The molecule has 2 fully saturated rings. The normalized spacial score (nSPS) is 18.6. The van der Waals surface area contributed by atoms with Gasteiger partial charge in [-0.25, -0.2) is 4.79 Å². The molecule has 5 heteroatoms. The molecule has 142 valence electrons. The maximum atomic E-state index is 12.9. The van der Waals surface area contributed by atoms with Crippen molar-refractivity contribution in [1.82, 2.24) is 10.2 Å². The van der Waals surface area contributed by atoms with Gasteiger partial charge in [-0.1, -0.05) is 42.5 Å². The number of rotatable bonds is 4. The Hall–Kier alpha value is -2.69. The molecule has 27 heavy (non-hydrogen) atoms. The van der Waals surface area contributed by atoms with Crippen molar-refractivity contribution in [2.24, 2.45) is 0 Å². The third-order valence-corrected chi connectivity index (χ3v) is 5.87. The van der Waals surface area contributed by atoms with Crippen molar-refractivity contribution < 1.29 is 9.53 Å². The lowest BCUT2D eigenvalue weighted by molar-refractivity contribution is 0.147. The van der Waals surface area contributed by atoms with Gasteiger partial charge >= 0.3 is 6.03 Å². The number of anilines is 1. The number of benzene rings is 2. The van der Waals surface area contributed by atoms with E-state index in [1.165, 1.54) is 5.56 Å². The summed E-state index contributed by atoms with van der Waals surface area (Å²) in [5, 5.41) is 3.34. The molecule has 0 aromatic heterocycles. The van der Waals surface area contributed by atoms with Crippen LogP contribution in [0.15, 0.2) is 54.6 Å². The first-order valence-electron chi connectivity index (χ1n) is 9.72. The minimum absolute atomic E-state index is 0.0539. The van der Waals surface area contributed by atoms with Crippen LogP contribution in [0.4, 0.5) is 10.5 Å². The molecule has 1 aliphatic heterocycles. The van der Waals surface area contributed by atoms with Crippen LogP contribution in [0.5, 0.6) is 5.75 Å². The molecule has 5 nitrogen and oxygen atoms in total. The second-order valence-electron chi connectivity index (χ2n) is 7.38. The van der Waals surface area contributed by atoms with E-state index in [0.29, 0.717) is 0 Å². The minimum Gasteiger partial charge on any atom is -0.495 e. The van der Waals surface area contributed by atoms with Crippen LogP contribution in [0.2, 0.25) is 0 Å². The van der Waals surface area contributed by atoms with E-state index in [0.717, 1.165) is 56.9 Å². The van der Waals surface area contributed by atoms with Crippen LogP contribution >= 0.6 is 0 Å². The summed E-state index contributed by atoms with van der Waals surface area (Å²) in [6, 6.07) is 18.5. The van der Waals surface area contributed by atoms with E-state index >= 15 is 0 Å². The molecular weight excluding hydrogens is 338 g/mol. The summed E-state index contributed by atoms with van der Waals surface area (Å²) in [6.45, 7) is 3.06. The standard InChI is InChI=1S/C22H27N3O2/c1-27-20-11-6-5-10-19(20)24-14-16-25(17-15-24)21(26)23-22(12-7-13-22)18-8-3-2-4-9-18/h2-6,8-11H,7,12-17H2,1H3,(H,23,26). The number of para-hydroxylation sites is 2. The molecule has 2 aliphatic rings. The molecule has 0 unspecified atom stereocenters. The lowest BCUT2D eigenvalue weighted by atomic mass is 9.72. The number of ether oxygens (including phenoxy) is 1. The maximum Gasteiger partial charge on any atom is 0.318 e. The quantitative estimate of drug-likeness (QED) is 0.900. The van der Waals surface area contributed by atoms with E-state index in [1.807, 2.05) is 41.3 Å². The topological polar surface area (TPSA) is 44.8 Å². The summed E-state index contributed by atoms with van der Waals surface area (Å²) in [5.74, 6) is 0.882. The van der Waals surface area contributed by atoms with Crippen molar-refractivity contribution >= 4 is 11.7 Å². The van der Waals surface area contributed by atoms with Gasteiger partial charge in [-0.15, -0.1) is 0 Å². The highest BCUT2D eigenvalue weighted by atomic mass is 16.5. The number of nitrogens with one attached hydrogen (secondary N) is 1. The fraction of sp³-hybridized carbons (Fsp3) is 0.409. The highest BCUT2D eigenvalue weighted by Gasteiger charge is 2.41. The Morgan fingerprint density at radius 2 is 1.63 bits per heavy atom. The van der Waals surface area contributed by atoms with Gasteiger partial charge in [0.1, 0.15) is 5.75 Å². The fourth-order valence-electron chi connectivity index (χ4n) is 4.10. The van der Waals surface area contributed by atoms with Crippen LogP contribution in [-0.4, -0.2) is 44.2 Å². The third kappa shape index (κ3) is 3.46. The Morgan fingerprint density at radius 1 is 0.963 bits per heavy atom. The molecule has 2 aromatic carbocycles. The van der Waals surface area contributed by atoms with Gasteiger partial charge in [0.25, 0.3) is 0 Å². The summed E-state index contributed by atoms with van der Waals surface area (Å²) in [4.78, 5) is 17.1. The third-order valence-electron chi connectivity index (χ3n) is 5.87. The first-order chi connectivity index (χ1) is 13.2. The summed E-state index contributed by atoms with van der Waals surface area (Å²) in [7, 11) is 1.70. The number of nitrogens with zero attached hydrogens (tertiary/aromatic N) is 2. The maximum absolute atomic E-state index is 12.9. The minimum atomic E-state index is -0.182. The van der Waals surface area contributed by atoms with Gasteiger partial charge in [-0.05, 0) is 37.0 Å². The molecule has 0 spiro atoms. The second-order valence-corrected chi connectivity index (χ2v) is 7.38. The van der Waals surface area contributed by atoms with E-state index in [4.69, 9.17) is 4.74 Å². The molecular formula is C22H27N3O2. The largest absolute Gasteiger partial charge is 0.495 e. The van der Waals surface area contributed by atoms with E-state index in [9.17, 15) is 4.79 Å². The number of piperazine rings is 1. The monoisotopic (exact) mass is 365 g/mol. The van der Waals surface area contributed by atoms with Crippen molar-refractivity contribution in [1.29, 1.82) is 0 Å². The first-order valence-corrected chi connectivity index (χ1v) is 9.72. The van der Waals surface area contributed by atoms with Crippen LogP contribution in [0.3, 0.4) is 0 Å². The van der Waals surface area contributed by atoms with Gasteiger partial charge in [-0.2, -0.15) is 0 Å². The van der Waals surface area contributed by atoms with E-state index in [-0.39, 0.29) is 11.6 Å². The molecule has 2 aromatic rings. The Kier molecular flexibility index (Phi) is 4.92. The Morgan fingerprint density at radius 3 is 2.26 bits per heavy atom. The van der Waals surface area contributed by atoms with Crippen LogP contribution in [0.1, 0.15) is 24.8 Å². The molecule has 0 radical (unpaired) electrons. The van der Waals surface area contributed by atoms with E-state index < -0.39 is 0 Å². The van der Waals surface area contributed by atoms with Gasteiger partial charge in [-0.3, -0.25) is 0 Å². The predicted octanol–water partition coefficient (Wildman–Crippen LogP) is 3.61. The summed E-state index contributed by atoms with van der Waals surface area (Å²) in [6.07, 6.45) is 3.20. The number of urea groups is 1. The van der Waals surface area contributed by atoms with Crippen molar-refractivity contribution in [3.05, 3.63) is 60.2 Å². The Balaban J connectivity index is 1.39. The zero-order valence-electron chi connectivity index (χ0n) is 15.9. The molecule has 1 saturated carbocycles. The summed E-state index contributed by atoms with van der Waals surface area (Å²) >= 11 is 0. The number of carbonyl (C=O) groups excluding carboxylic acids is 1. The molecule has 1 aliphatic carbocycles. The van der Waals surface area contributed by atoms with Crippen molar-refractivity contribution in [3.63, 3.8) is 0 Å². The highest BCUT2D eigenvalue weighted by Crippen LogP contribution is 2.41. The van der Waals surface area contributed by atoms with Crippen molar-refractivity contribution in [2.45, 2.75) is 24.8 Å². The zero-order valence-corrected chi connectivity index (χ0v) is 15.9. The van der Waals surface area contributed by atoms with Gasteiger partial charge in [0.05, 0.1) is 18.3 Å². The number of amides is 2. The lowest BCUT2D eigenvalue weighted by Crippen LogP contribution is -2.58. The predicted molar refractivity (Wildman–Crippen MR) is 107 cm³/mol. The molecule has 0 atom stereocenters. The number of hydrogen-bond acceptors (Lipinski definition) is 3. The Bertz CT molecular complexity index is 781. The molecule has 4 rings (SSSR count). The summed E-state index contributed by atoms with van der Waals surface area (Å²) < 4.78 is 5.48. The van der Waals surface area contributed by atoms with Gasteiger partial charge in [0.15, 0.2) is 0 Å². The smallest absolute Gasteiger partial charge is 0.318 e. The number of methoxy groups -OCH3 is 1. The SMILES string of the molecule is COc1ccccc1N1CCN(C(=O)NC2(c3ccccc3)CCC2)CC1. The lowest BCUT2D eigenvalue weighted by Gasteiger charge is -2.45. The van der Waals surface area contributed by atoms with Gasteiger partial charge < -0.3 is 19.9 Å². The fourth-order valence-corrected chi connectivity index (χ4v) is 4.10. The highest BCUT2D eigenvalue weighted by molar-refractivity contribution is 5.76. The van der Waals surface area contributed by atoms with Crippen molar-refractivity contribution in [2.75, 3.05) is 38.2 Å². The van der Waals surface area contributed by atoms with Gasteiger partial charge in [0, 0.05) is 26.2 Å². The number of hydrogen-bond donors (Lipinski definition) is 1. The molecule has 0 bridgehead atoms. The molecule has 1 heterocycles. The molecule has 1 N–H and O–H groups in total. The van der Waals surface area contributed by atoms with Gasteiger partial charge in [0.2, 0.25) is 0 Å². The van der Waals surface area contributed by atoms with Crippen LogP contribution < -0.4 is 15.0 Å². The van der Waals surface area contributed by atoms with E-state index in [2.05, 4.69) is 28.4 Å². The average Bonchev–Trinajstić information content (AvgIpc) is 2.71. The zero-order chi connectivity index (χ0) is 18.7. The first kappa shape index (κ1) is 17.7. The van der Waals surface area contributed by atoms with Crippen LogP contribution in [0.25, 0.3) is 0 Å². The van der Waals surface area contributed by atoms with Crippen LogP contribution in [-0.2, 0) is 5.54 Å². The number of carbonyl (C=O) groups is 1. The van der Waals surface area contributed by atoms with E-state index in [1.54, 1.807) is 7.11 Å².